The number of aryl methyl sites for hydroxylation is 1. The molecule has 0 spiro atoms. The van der Waals surface area contributed by atoms with Crippen molar-refractivity contribution in [1.29, 1.82) is 0 Å². The van der Waals surface area contributed by atoms with Crippen LogP contribution in [0.5, 0.6) is 5.75 Å². The van der Waals surface area contributed by atoms with Gasteiger partial charge in [-0.05, 0) is 25.1 Å². The third-order valence-corrected chi connectivity index (χ3v) is 2.94. The molecule has 0 aliphatic rings. The molecule has 0 saturated carbocycles. The topological polar surface area (TPSA) is 82.2 Å². The van der Waals surface area contributed by atoms with E-state index in [-0.39, 0.29) is 5.91 Å². The quantitative estimate of drug-likeness (QED) is 0.787. The van der Waals surface area contributed by atoms with Gasteiger partial charge >= 0.3 is 0 Å². The molecule has 1 aromatic carbocycles. The van der Waals surface area contributed by atoms with Crippen LogP contribution in [0.3, 0.4) is 0 Å². The molecule has 0 bridgehead atoms. The first kappa shape index (κ1) is 14.9. The van der Waals surface area contributed by atoms with E-state index >= 15 is 0 Å². The summed E-state index contributed by atoms with van der Waals surface area (Å²) in [4.78, 5) is 12.1. The summed E-state index contributed by atoms with van der Waals surface area (Å²) in [5.41, 5.74) is 7.73. The third kappa shape index (κ3) is 4.24. The molecular weight excluding hydrogens is 268 g/mol. The van der Waals surface area contributed by atoms with Gasteiger partial charge in [0.1, 0.15) is 5.75 Å². The van der Waals surface area contributed by atoms with Crippen LogP contribution in [0.2, 0.25) is 0 Å². The van der Waals surface area contributed by atoms with Gasteiger partial charge in [-0.25, -0.2) is 0 Å². The highest BCUT2D eigenvalue weighted by molar-refractivity contribution is 5.95. The molecule has 1 aromatic heterocycles. The van der Waals surface area contributed by atoms with Crippen LogP contribution in [-0.2, 0) is 13.5 Å². The number of carbonyl (C=O) groups excluding carboxylic acids is 1. The van der Waals surface area contributed by atoms with Crippen LogP contribution in [0.1, 0.15) is 23.0 Å². The Morgan fingerprint density at radius 1 is 1.43 bits per heavy atom. The van der Waals surface area contributed by atoms with E-state index in [2.05, 4.69) is 10.4 Å². The molecule has 3 N–H and O–H groups in total. The van der Waals surface area contributed by atoms with Gasteiger partial charge in [-0.3, -0.25) is 9.48 Å². The van der Waals surface area contributed by atoms with Crippen LogP contribution in [0.15, 0.2) is 30.5 Å². The average molecular weight is 288 g/mol. The molecule has 0 fully saturated rings. The van der Waals surface area contributed by atoms with E-state index in [9.17, 15) is 4.79 Å². The number of rotatable bonds is 6. The molecule has 0 aliphatic heterocycles. The summed E-state index contributed by atoms with van der Waals surface area (Å²) in [5, 5.41) is 7.11. The number of hydrogen-bond donors (Lipinski definition) is 2. The Bertz CT molecular complexity index is 622. The van der Waals surface area contributed by atoms with Crippen molar-refractivity contribution < 1.29 is 9.53 Å². The molecule has 0 atom stereocenters. The summed E-state index contributed by atoms with van der Waals surface area (Å²) < 4.78 is 7.12. The van der Waals surface area contributed by atoms with E-state index in [4.69, 9.17) is 10.5 Å². The van der Waals surface area contributed by atoms with Gasteiger partial charge in [-0.1, -0.05) is 0 Å². The van der Waals surface area contributed by atoms with E-state index in [1.165, 1.54) is 0 Å². The fourth-order valence-electron chi connectivity index (χ4n) is 2.01. The second-order valence-electron chi connectivity index (χ2n) is 4.71. The fraction of sp³-hybridized carbons (Fsp3) is 0.333. The molecule has 0 unspecified atom stereocenters. The Labute approximate surface area is 123 Å². The first-order chi connectivity index (χ1) is 10.1. The van der Waals surface area contributed by atoms with Gasteiger partial charge in [0.15, 0.2) is 0 Å². The first-order valence-corrected chi connectivity index (χ1v) is 6.88. The van der Waals surface area contributed by atoms with E-state index in [0.717, 1.165) is 5.69 Å². The molecule has 0 radical (unpaired) electrons. The fourth-order valence-corrected chi connectivity index (χ4v) is 2.01. The molecule has 0 aliphatic carbocycles. The van der Waals surface area contributed by atoms with E-state index in [0.29, 0.717) is 36.6 Å². The highest BCUT2D eigenvalue weighted by Crippen LogP contribution is 2.18. The summed E-state index contributed by atoms with van der Waals surface area (Å²) in [7, 11) is 1.87. The highest BCUT2D eigenvalue weighted by Gasteiger charge is 2.08. The van der Waals surface area contributed by atoms with Crippen molar-refractivity contribution in [3.05, 3.63) is 41.7 Å². The number of amides is 1. The molecule has 112 valence electrons. The number of nitrogen functional groups attached to an aromatic ring is 1. The third-order valence-electron chi connectivity index (χ3n) is 2.94. The number of benzene rings is 1. The van der Waals surface area contributed by atoms with E-state index < -0.39 is 0 Å². The molecule has 1 heterocycles. The van der Waals surface area contributed by atoms with Crippen LogP contribution in [0.4, 0.5) is 5.69 Å². The van der Waals surface area contributed by atoms with Gasteiger partial charge in [0.25, 0.3) is 5.91 Å². The first-order valence-electron chi connectivity index (χ1n) is 6.88. The maximum Gasteiger partial charge on any atom is 0.251 e. The number of ether oxygens (including phenoxy) is 1. The van der Waals surface area contributed by atoms with E-state index in [1.807, 2.05) is 26.2 Å². The van der Waals surface area contributed by atoms with Gasteiger partial charge in [0.05, 0.1) is 12.3 Å². The Morgan fingerprint density at radius 3 is 2.90 bits per heavy atom. The Kier molecular flexibility index (Phi) is 4.81. The van der Waals surface area contributed by atoms with Gasteiger partial charge in [-0.2, -0.15) is 5.10 Å². The molecular formula is C15H20N4O2. The molecule has 1 amide bonds. The van der Waals surface area contributed by atoms with Crippen molar-refractivity contribution in [3.8, 4) is 5.75 Å². The second kappa shape index (κ2) is 6.78. The zero-order valence-electron chi connectivity index (χ0n) is 12.3. The number of nitrogens with two attached hydrogens (primary N) is 1. The zero-order valence-corrected chi connectivity index (χ0v) is 12.3. The van der Waals surface area contributed by atoms with Crippen molar-refractivity contribution >= 4 is 11.6 Å². The molecule has 0 saturated heterocycles. The van der Waals surface area contributed by atoms with Crippen molar-refractivity contribution in [2.75, 3.05) is 18.9 Å². The minimum Gasteiger partial charge on any atom is -0.494 e. The van der Waals surface area contributed by atoms with Crippen LogP contribution in [-0.4, -0.2) is 28.8 Å². The molecule has 6 nitrogen and oxygen atoms in total. The second-order valence-corrected chi connectivity index (χ2v) is 4.71. The summed E-state index contributed by atoms with van der Waals surface area (Å²) in [5.74, 6) is 0.437. The number of carbonyl (C=O) groups is 1. The monoisotopic (exact) mass is 288 g/mol. The minimum atomic E-state index is -0.167. The SMILES string of the molecule is CCOc1cc(N)cc(C(=O)NCCc2ccn(C)n2)c1. The Hall–Kier alpha value is -2.50. The van der Waals surface area contributed by atoms with Crippen LogP contribution in [0, 0.1) is 0 Å². The molecule has 2 aromatic rings. The Balaban J connectivity index is 1.93. The van der Waals surface area contributed by atoms with Crippen LogP contribution < -0.4 is 15.8 Å². The van der Waals surface area contributed by atoms with Crippen molar-refractivity contribution in [2.45, 2.75) is 13.3 Å². The number of hydrogen-bond acceptors (Lipinski definition) is 4. The average Bonchev–Trinajstić information content (AvgIpc) is 2.84. The minimum absolute atomic E-state index is 0.167. The Morgan fingerprint density at radius 2 is 2.24 bits per heavy atom. The summed E-state index contributed by atoms with van der Waals surface area (Å²) in [6, 6.07) is 6.96. The maximum atomic E-state index is 12.1. The standard InChI is InChI=1S/C15H20N4O2/c1-3-21-14-9-11(8-12(16)10-14)15(20)17-6-4-13-5-7-19(2)18-13/h5,7-10H,3-4,6,16H2,1-2H3,(H,17,20). The summed E-state index contributed by atoms with van der Waals surface area (Å²) in [6.45, 7) is 2.94. The van der Waals surface area contributed by atoms with Crippen LogP contribution >= 0.6 is 0 Å². The number of nitrogens with zero attached hydrogens (tertiary/aromatic N) is 2. The summed E-state index contributed by atoms with van der Waals surface area (Å²) >= 11 is 0. The van der Waals surface area contributed by atoms with Gasteiger partial charge in [-0.15, -0.1) is 0 Å². The van der Waals surface area contributed by atoms with Gasteiger partial charge in [0.2, 0.25) is 0 Å². The van der Waals surface area contributed by atoms with Gasteiger partial charge in [0, 0.05) is 43.5 Å². The highest BCUT2D eigenvalue weighted by atomic mass is 16.5. The van der Waals surface area contributed by atoms with Crippen molar-refractivity contribution in [1.82, 2.24) is 15.1 Å². The lowest BCUT2D eigenvalue weighted by Crippen LogP contribution is -2.26. The number of aromatic nitrogens is 2. The molecule has 6 heteroatoms. The predicted molar refractivity (Wildman–Crippen MR) is 81.3 cm³/mol. The van der Waals surface area contributed by atoms with Crippen LogP contribution in [0.25, 0.3) is 0 Å². The van der Waals surface area contributed by atoms with Crippen molar-refractivity contribution in [2.24, 2.45) is 7.05 Å². The zero-order chi connectivity index (χ0) is 15.2. The molecule has 21 heavy (non-hydrogen) atoms. The summed E-state index contributed by atoms with van der Waals surface area (Å²) in [6.07, 6.45) is 2.57. The lowest BCUT2D eigenvalue weighted by molar-refractivity contribution is 0.0953. The normalized spacial score (nSPS) is 10.4. The number of nitrogens with one attached hydrogen (secondary N) is 1. The van der Waals surface area contributed by atoms with E-state index in [1.54, 1.807) is 22.9 Å². The van der Waals surface area contributed by atoms with Crippen molar-refractivity contribution in [3.63, 3.8) is 0 Å². The maximum absolute atomic E-state index is 12.1. The smallest absolute Gasteiger partial charge is 0.251 e. The predicted octanol–water partition coefficient (Wildman–Crippen LogP) is 1.37. The molecule has 2 rings (SSSR count). The van der Waals surface area contributed by atoms with Gasteiger partial charge < -0.3 is 15.8 Å². The lowest BCUT2D eigenvalue weighted by Gasteiger charge is -2.08. The number of anilines is 1. The lowest BCUT2D eigenvalue weighted by atomic mass is 10.1. The largest absolute Gasteiger partial charge is 0.494 e.